The average Bonchev–Trinajstić information content (AvgIpc) is 2.56. The highest BCUT2D eigenvalue weighted by molar-refractivity contribution is 14.0. The van der Waals surface area contributed by atoms with Crippen molar-refractivity contribution < 1.29 is 4.74 Å². The Morgan fingerprint density at radius 2 is 1.86 bits per heavy atom. The van der Waals surface area contributed by atoms with E-state index in [1.807, 2.05) is 7.05 Å². The highest BCUT2D eigenvalue weighted by Gasteiger charge is 2.19. The summed E-state index contributed by atoms with van der Waals surface area (Å²) in [5.41, 5.74) is 1.31. The van der Waals surface area contributed by atoms with E-state index in [1.165, 1.54) is 5.69 Å². The third kappa shape index (κ3) is 5.64. The van der Waals surface area contributed by atoms with Crippen molar-refractivity contribution in [2.24, 2.45) is 4.99 Å². The predicted molar refractivity (Wildman–Crippen MR) is 103 cm³/mol. The fraction of sp³-hybridized carbons (Fsp3) is 0.562. The minimum absolute atomic E-state index is 0. The van der Waals surface area contributed by atoms with Crippen LogP contribution >= 0.6 is 24.0 Å². The monoisotopic (exact) mass is 418 g/mol. The molecular formula is C16H27IN4O. The molecule has 0 spiro atoms. The maximum atomic E-state index is 5.07. The van der Waals surface area contributed by atoms with Gasteiger partial charge in [0.25, 0.3) is 0 Å². The lowest BCUT2D eigenvalue weighted by atomic mass is 10.2. The number of rotatable bonds is 5. The van der Waals surface area contributed by atoms with Gasteiger partial charge in [0.15, 0.2) is 5.96 Å². The molecule has 1 heterocycles. The molecule has 22 heavy (non-hydrogen) atoms. The number of piperazine rings is 1. The topological polar surface area (TPSA) is 40.1 Å². The molecule has 1 saturated heterocycles. The Labute approximate surface area is 150 Å². The van der Waals surface area contributed by atoms with Crippen LogP contribution in [0.3, 0.4) is 0 Å². The summed E-state index contributed by atoms with van der Waals surface area (Å²) in [6.07, 6.45) is 1.000. The van der Waals surface area contributed by atoms with Gasteiger partial charge in [-0.3, -0.25) is 4.99 Å². The molecule has 1 N–H and O–H groups in total. The Balaban J connectivity index is 0.00000242. The van der Waals surface area contributed by atoms with Crippen LogP contribution in [-0.4, -0.2) is 64.3 Å². The molecule has 0 aliphatic carbocycles. The number of para-hydroxylation sites is 1. The number of hydrogen-bond donors (Lipinski definition) is 1. The van der Waals surface area contributed by atoms with E-state index in [4.69, 9.17) is 4.74 Å². The van der Waals surface area contributed by atoms with Gasteiger partial charge >= 0.3 is 0 Å². The molecule has 6 heteroatoms. The third-order valence-corrected chi connectivity index (χ3v) is 3.72. The molecule has 2 rings (SSSR count). The van der Waals surface area contributed by atoms with E-state index in [9.17, 15) is 0 Å². The third-order valence-electron chi connectivity index (χ3n) is 3.72. The summed E-state index contributed by atoms with van der Waals surface area (Å²) in [5, 5.41) is 3.41. The van der Waals surface area contributed by atoms with Crippen molar-refractivity contribution in [1.29, 1.82) is 0 Å². The molecule has 0 unspecified atom stereocenters. The van der Waals surface area contributed by atoms with Crippen molar-refractivity contribution in [2.75, 3.05) is 58.4 Å². The highest BCUT2D eigenvalue weighted by atomic mass is 127. The number of nitrogens with one attached hydrogen (secondary N) is 1. The van der Waals surface area contributed by atoms with Crippen LogP contribution < -0.4 is 10.2 Å². The molecule has 1 aromatic rings. The normalized spacial score (nSPS) is 15.5. The van der Waals surface area contributed by atoms with Crippen molar-refractivity contribution in [2.45, 2.75) is 6.42 Å². The number of anilines is 1. The Morgan fingerprint density at radius 1 is 1.18 bits per heavy atom. The fourth-order valence-corrected chi connectivity index (χ4v) is 2.56. The quantitative estimate of drug-likeness (QED) is 0.344. The van der Waals surface area contributed by atoms with Crippen LogP contribution in [0.2, 0.25) is 0 Å². The Morgan fingerprint density at radius 3 is 2.45 bits per heavy atom. The van der Waals surface area contributed by atoms with Crippen molar-refractivity contribution in [3.8, 4) is 0 Å². The van der Waals surface area contributed by atoms with Gasteiger partial charge in [-0.1, -0.05) is 18.2 Å². The van der Waals surface area contributed by atoms with E-state index < -0.39 is 0 Å². The summed E-state index contributed by atoms with van der Waals surface area (Å²) in [6.45, 7) is 5.74. The summed E-state index contributed by atoms with van der Waals surface area (Å²) >= 11 is 0. The van der Waals surface area contributed by atoms with Crippen LogP contribution in [0.5, 0.6) is 0 Å². The average molecular weight is 418 g/mol. The van der Waals surface area contributed by atoms with Crippen LogP contribution in [-0.2, 0) is 4.74 Å². The minimum Gasteiger partial charge on any atom is -0.385 e. The molecule has 1 aliphatic rings. The van der Waals surface area contributed by atoms with Crippen molar-refractivity contribution in [3.63, 3.8) is 0 Å². The van der Waals surface area contributed by atoms with Gasteiger partial charge < -0.3 is 19.9 Å². The summed E-state index contributed by atoms with van der Waals surface area (Å²) in [5.74, 6) is 0.999. The van der Waals surface area contributed by atoms with Gasteiger partial charge in [0.1, 0.15) is 0 Å². The summed E-state index contributed by atoms with van der Waals surface area (Å²) in [7, 11) is 3.58. The van der Waals surface area contributed by atoms with Gasteiger partial charge in [-0.2, -0.15) is 0 Å². The van der Waals surface area contributed by atoms with Gasteiger partial charge in [0.2, 0.25) is 0 Å². The van der Waals surface area contributed by atoms with E-state index >= 15 is 0 Å². The van der Waals surface area contributed by atoms with Crippen LogP contribution in [0.1, 0.15) is 6.42 Å². The summed E-state index contributed by atoms with van der Waals surface area (Å²) in [4.78, 5) is 9.13. The van der Waals surface area contributed by atoms with Crippen LogP contribution in [0, 0.1) is 0 Å². The minimum atomic E-state index is 0. The number of benzene rings is 1. The van der Waals surface area contributed by atoms with Gasteiger partial charge in [-0.05, 0) is 18.6 Å². The molecule has 0 atom stereocenters. The molecule has 0 saturated carbocycles. The first-order chi connectivity index (χ1) is 10.3. The molecule has 124 valence electrons. The smallest absolute Gasteiger partial charge is 0.193 e. The highest BCUT2D eigenvalue weighted by Crippen LogP contribution is 2.15. The number of aliphatic imine (C=N–C) groups is 1. The van der Waals surface area contributed by atoms with Gasteiger partial charge in [-0.25, -0.2) is 0 Å². The van der Waals surface area contributed by atoms with Gasteiger partial charge in [-0.15, -0.1) is 24.0 Å². The number of hydrogen-bond acceptors (Lipinski definition) is 3. The molecule has 0 radical (unpaired) electrons. The first-order valence-corrected chi connectivity index (χ1v) is 7.59. The molecule has 1 fully saturated rings. The maximum Gasteiger partial charge on any atom is 0.193 e. The Kier molecular flexibility index (Phi) is 9.22. The lowest BCUT2D eigenvalue weighted by Crippen LogP contribution is -2.52. The predicted octanol–water partition coefficient (Wildman–Crippen LogP) is 2.04. The molecule has 5 nitrogen and oxygen atoms in total. The number of methoxy groups -OCH3 is 1. The van der Waals surface area contributed by atoms with Crippen molar-refractivity contribution in [1.82, 2.24) is 10.2 Å². The number of nitrogens with zero attached hydrogens (tertiary/aromatic N) is 3. The molecule has 0 amide bonds. The SMILES string of the molecule is CN=C(NCCCOC)N1CCN(c2ccccc2)CC1.I. The largest absolute Gasteiger partial charge is 0.385 e. The van der Waals surface area contributed by atoms with Crippen molar-refractivity contribution in [3.05, 3.63) is 30.3 Å². The second kappa shape index (κ2) is 10.7. The standard InChI is InChI=1S/C16H26N4O.HI/c1-17-16(18-9-6-14-21-2)20-12-10-19(11-13-20)15-7-4-3-5-8-15;/h3-5,7-8H,6,9-14H2,1-2H3,(H,17,18);1H. The van der Waals surface area contributed by atoms with Gasteiger partial charge in [0.05, 0.1) is 0 Å². The molecule has 0 aromatic heterocycles. The number of halogens is 1. The van der Waals surface area contributed by atoms with Gasteiger partial charge in [0, 0.05) is 59.2 Å². The van der Waals surface area contributed by atoms with E-state index in [-0.39, 0.29) is 24.0 Å². The number of ether oxygens (including phenoxy) is 1. The number of guanidine groups is 1. The summed E-state index contributed by atoms with van der Waals surface area (Å²) < 4.78 is 5.07. The lowest BCUT2D eigenvalue weighted by Gasteiger charge is -2.37. The van der Waals surface area contributed by atoms with E-state index in [2.05, 4.69) is 50.4 Å². The van der Waals surface area contributed by atoms with Crippen LogP contribution in [0.25, 0.3) is 0 Å². The zero-order chi connectivity index (χ0) is 14.9. The van der Waals surface area contributed by atoms with E-state index in [1.54, 1.807) is 7.11 Å². The molecule has 0 bridgehead atoms. The fourth-order valence-electron chi connectivity index (χ4n) is 2.56. The van der Waals surface area contributed by atoms with E-state index in [0.29, 0.717) is 0 Å². The van der Waals surface area contributed by atoms with Crippen LogP contribution in [0.15, 0.2) is 35.3 Å². The van der Waals surface area contributed by atoms with Crippen LogP contribution in [0.4, 0.5) is 5.69 Å². The van der Waals surface area contributed by atoms with Crippen molar-refractivity contribution >= 4 is 35.6 Å². The second-order valence-corrected chi connectivity index (χ2v) is 5.13. The Hall–Kier alpha value is -1.02. The maximum absolute atomic E-state index is 5.07. The molecule has 1 aliphatic heterocycles. The molecule has 1 aromatic carbocycles. The zero-order valence-electron chi connectivity index (χ0n) is 13.5. The lowest BCUT2D eigenvalue weighted by molar-refractivity contribution is 0.195. The second-order valence-electron chi connectivity index (χ2n) is 5.13. The van der Waals surface area contributed by atoms with E-state index in [0.717, 1.165) is 51.7 Å². The first-order valence-electron chi connectivity index (χ1n) is 7.59. The Bertz CT molecular complexity index is 433. The zero-order valence-corrected chi connectivity index (χ0v) is 15.8. The molecular weight excluding hydrogens is 391 g/mol. The first kappa shape index (κ1) is 19.0. The summed E-state index contributed by atoms with van der Waals surface area (Å²) in [6, 6.07) is 10.6.